The summed E-state index contributed by atoms with van der Waals surface area (Å²) >= 11 is 9.16. The molecule has 0 aromatic heterocycles. The molecular weight excluding hydrogens is 208 g/mol. The summed E-state index contributed by atoms with van der Waals surface area (Å²) in [5.74, 6) is 3.14. The van der Waals surface area contributed by atoms with Crippen LogP contribution in [0.25, 0.3) is 0 Å². The van der Waals surface area contributed by atoms with Gasteiger partial charge in [-0.1, -0.05) is 24.8 Å². The van der Waals surface area contributed by atoms with Crippen molar-refractivity contribution >= 4 is 35.1 Å². The smallest absolute Gasteiger partial charge is 0.0286 e. The lowest BCUT2D eigenvalue weighted by atomic mass is 10.6. The molecule has 0 bridgehead atoms. The van der Waals surface area contributed by atoms with Gasteiger partial charge in [-0.05, 0) is 17.9 Å². The fraction of sp³-hybridized carbons (Fsp3) is 0.444. The van der Waals surface area contributed by atoms with Crippen molar-refractivity contribution in [3.63, 3.8) is 0 Å². The number of hydrogen-bond acceptors (Lipinski definition) is 2. The molecular formula is C9H13ClS2. The molecule has 0 aromatic rings. The van der Waals surface area contributed by atoms with Gasteiger partial charge in [0.05, 0.1) is 0 Å². The number of rotatable bonds is 7. The van der Waals surface area contributed by atoms with Gasteiger partial charge in [0.1, 0.15) is 0 Å². The van der Waals surface area contributed by atoms with Crippen molar-refractivity contribution < 1.29 is 0 Å². The van der Waals surface area contributed by atoms with E-state index in [0.717, 1.165) is 22.3 Å². The summed E-state index contributed by atoms with van der Waals surface area (Å²) in [6.07, 6.45) is 1.19. The minimum Gasteiger partial charge on any atom is -0.156 e. The Morgan fingerprint density at radius 3 is 2.83 bits per heavy atom. The molecule has 0 rings (SSSR count). The molecule has 0 aliphatic heterocycles. The third kappa shape index (κ3) is 10.2. The Balaban J connectivity index is 3.00. The highest BCUT2D eigenvalue weighted by atomic mass is 35.5. The van der Waals surface area contributed by atoms with Gasteiger partial charge in [0.2, 0.25) is 0 Å². The minimum atomic E-state index is 0.735. The lowest BCUT2D eigenvalue weighted by molar-refractivity contribution is 1.13. The molecule has 0 unspecified atom stereocenters. The first-order valence-corrected chi connectivity index (χ1v) is 6.22. The Labute approximate surface area is 88.1 Å². The molecule has 0 radical (unpaired) electrons. The zero-order chi connectivity index (χ0) is 9.23. The van der Waals surface area contributed by atoms with Crippen LogP contribution >= 0.6 is 35.1 Å². The highest BCUT2D eigenvalue weighted by Gasteiger charge is 1.90. The van der Waals surface area contributed by atoms with Crippen LogP contribution < -0.4 is 0 Å². The summed E-state index contributed by atoms with van der Waals surface area (Å²) in [5.41, 5.74) is 2.72. The van der Waals surface area contributed by atoms with E-state index in [1.165, 1.54) is 6.42 Å². The molecule has 3 heteroatoms. The van der Waals surface area contributed by atoms with E-state index in [9.17, 15) is 0 Å². The van der Waals surface area contributed by atoms with Gasteiger partial charge in [-0.3, -0.25) is 0 Å². The van der Waals surface area contributed by atoms with Crippen LogP contribution in [0, 0.1) is 0 Å². The van der Waals surface area contributed by atoms with E-state index < -0.39 is 0 Å². The lowest BCUT2D eigenvalue weighted by Gasteiger charge is -1.97. The molecule has 12 heavy (non-hydrogen) atoms. The fourth-order valence-corrected chi connectivity index (χ4v) is 2.22. The van der Waals surface area contributed by atoms with Crippen LogP contribution in [0.15, 0.2) is 29.3 Å². The zero-order valence-electron chi connectivity index (χ0n) is 7.01. The third-order valence-corrected chi connectivity index (χ3v) is 3.26. The molecule has 0 spiro atoms. The van der Waals surface area contributed by atoms with Gasteiger partial charge in [0.25, 0.3) is 0 Å². The van der Waals surface area contributed by atoms with Crippen LogP contribution in [0.5, 0.6) is 0 Å². The average molecular weight is 221 g/mol. The van der Waals surface area contributed by atoms with Crippen LogP contribution in [-0.4, -0.2) is 17.3 Å². The first-order valence-electron chi connectivity index (χ1n) is 3.64. The SMILES string of the molecule is C=C=CSCCCSCC(=C)Cl. The normalized spacial score (nSPS) is 9.08. The Morgan fingerprint density at radius 1 is 1.50 bits per heavy atom. The van der Waals surface area contributed by atoms with Crippen molar-refractivity contribution in [1.82, 2.24) is 0 Å². The maximum atomic E-state index is 5.60. The van der Waals surface area contributed by atoms with Gasteiger partial charge in [0.15, 0.2) is 0 Å². The van der Waals surface area contributed by atoms with Crippen molar-refractivity contribution in [1.29, 1.82) is 0 Å². The summed E-state index contributed by atoms with van der Waals surface area (Å²) in [5, 5.41) is 2.63. The molecule has 0 aromatic carbocycles. The number of hydrogen-bond donors (Lipinski definition) is 0. The van der Waals surface area contributed by atoms with Crippen molar-refractivity contribution in [2.24, 2.45) is 0 Å². The molecule has 0 N–H and O–H groups in total. The topological polar surface area (TPSA) is 0 Å². The second-order valence-corrected chi connectivity index (χ2v) is 4.73. The molecule has 0 heterocycles. The molecule has 0 saturated heterocycles. The highest BCUT2D eigenvalue weighted by Crippen LogP contribution is 2.12. The first kappa shape index (κ1) is 12.2. The van der Waals surface area contributed by atoms with Gasteiger partial charge in [-0.15, -0.1) is 17.5 Å². The van der Waals surface area contributed by atoms with Crippen molar-refractivity contribution in [2.75, 3.05) is 17.3 Å². The van der Waals surface area contributed by atoms with Crippen molar-refractivity contribution in [3.05, 3.63) is 29.3 Å². The van der Waals surface area contributed by atoms with Crippen LogP contribution in [0.2, 0.25) is 0 Å². The standard InChI is InChI=1S/C9H13ClS2/c1-3-5-11-6-4-7-12-8-9(2)10/h5H,1-2,4,6-8H2. The summed E-state index contributed by atoms with van der Waals surface area (Å²) in [4.78, 5) is 0. The summed E-state index contributed by atoms with van der Waals surface area (Å²) in [6.45, 7) is 7.10. The molecule has 0 atom stereocenters. The second-order valence-electron chi connectivity index (χ2n) is 2.12. The molecule has 0 aliphatic rings. The summed E-state index contributed by atoms with van der Waals surface area (Å²) in [7, 11) is 0. The Bertz CT molecular complexity index is 165. The average Bonchev–Trinajstić information content (AvgIpc) is 2.02. The molecule has 68 valence electrons. The predicted molar refractivity (Wildman–Crippen MR) is 63.1 cm³/mol. The molecule has 0 saturated carbocycles. The van der Waals surface area contributed by atoms with E-state index in [-0.39, 0.29) is 0 Å². The van der Waals surface area contributed by atoms with E-state index in [1.807, 2.05) is 17.2 Å². The van der Waals surface area contributed by atoms with Crippen LogP contribution in [0.4, 0.5) is 0 Å². The van der Waals surface area contributed by atoms with E-state index in [4.69, 9.17) is 11.6 Å². The highest BCUT2D eigenvalue weighted by molar-refractivity contribution is 8.02. The maximum Gasteiger partial charge on any atom is 0.0286 e. The summed E-state index contributed by atoms with van der Waals surface area (Å²) in [6, 6.07) is 0. The van der Waals surface area contributed by atoms with Gasteiger partial charge < -0.3 is 0 Å². The quantitative estimate of drug-likeness (QED) is 0.472. The first-order chi connectivity index (χ1) is 5.77. The Kier molecular flexibility index (Phi) is 9.53. The van der Waals surface area contributed by atoms with Crippen LogP contribution in [-0.2, 0) is 0 Å². The van der Waals surface area contributed by atoms with Crippen molar-refractivity contribution in [3.8, 4) is 0 Å². The summed E-state index contributed by atoms with van der Waals surface area (Å²) < 4.78 is 0. The van der Waals surface area contributed by atoms with E-state index in [2.05, 4.69) is 18.9 Å². The lowest BCUT2D eigenvalue weighted by Crippen LogP contribution is -1.84. The molecule has 0 nitrogen and oxygen atoms in total. The largest absolute Gasteiger partial charge is 0.156 e. The Morgan fingerprint density at radius 2 is 2.25 bits per heavy atom. The predicted octanol–water partition coefficient (Wildman–Crippen LogP) is 3.89. The van der Waals surface area contributed by atoms with Gasteiger partial charge >= 0.3 is 0 Å². The second kappa shape index (κ2) is 9.34. The fourth-order valence-electron chi connectivity index (χ4n) is 0.545. The molecule has 0 amide bonds. The van der Waals surface area contributed by atoms with E-state index in [1.54, 1.807) is 11.8 Å². The van der Waals surface area contributed by atoms with Gasteiger partial charge in [-0.25, -0.2) is 0 Å². The maximum absolute atomic E-state index is 5.60. The van der Waals surface area contributed by atoms with Crippen LogP contribution in [0.1, 0.15) is 6.42 Å². The monoisotopic (exact) mass is 220 g/mol. The van der Waals surface area contributed by atoms with Gasteiger partial charge in [-0.2, -0.15) is 11.8 Å². The van der Waals surface area contributed by atoms with Gasteiger partial charge in [0, 0.05) is 16.2 Å². The number of halogens is 1. The van der Waals surface area contributed by atoms with E-state index in [0.29, 0.717) is 0 Å². The van der Waals surface area contributed by atoms with E-state index >= 15 is 0 Å². The zero-order valence-corrected chi connectivity index (χ0v) is 9.40. The van der Waals surface area contributed by atoms with Crippen LogP contribution in [0.3, 0.4) is 0 Å². The Hall–Kier alpha value is 0.250. The third-order valence-electron chi connectivity index (χ3n) is 0.976. The minimum absolute atomic E-state index is 0.735. The molecule has 0 aliphatic carbocycles. The van der Waals surface area contributed by atoms with Crippen molar-refractivity contribution in [2.45, 2.75) is 6.42 Å². The number of thioether (sulfide) groups is 2. The molecule has 0 fully saturated rings.